The van der Waals surface area contributed by atoms with E-state index < -0.39 is 17.1 Å². The largest absolute Gasteiger partial charge is 3.00 e. The van der Waals surface area contributed by atoms with Gasteiger partial charge in [0.15, 0.2) is 0 Å². The molecule has 0 aliphatic heterocycles. The van der Waals surface area contributed by atoms with Crippen molar-refractivity contribution in [3.63, 3.8) is 0 Å². The summed E-state index contributed by atoms with van der Waals surface area (Å²) in [4.78, 5) is 34.2. The van der Waals surface area contributed by atoms with E-state index in [1.54, 1.807) is 0 Å². The Morgan fingerprint density at radius 2 is 0.618 bits per heavy atom. The zero-order valence-corrected chi connectivity index (χ0v) is 32.3. The van der Waals surface area contributed by atoms with Crippen LogP contribution in [0.3, 0.4) is 0 Å². The molecule has 6 nitrogen and oxygen atoms in total. The van der Waals surface area contributed by atoms with E-state index in [4.69, 9.17) is 49.0 Å². The van der Waals surface area contributed by atoms with E-state index in [0.29, 0.717) is 0 Å². The molecule has 0 bridgehead atoms. The third kappa shape index (κ3) is 37.7. The molecule has 0 saturated carbocycles. The predicted octanol–water partition coefficient (Wildman–Crippen LogP) is 6.03. The first kappa shape index (κ1) is 44.6. The molecule has 0 aliphatic rings. The molecular formula is C18H42O6P3S6Sb. The van der Waals surface area contributed by atoms with Crippen LogP contribution in [0.2, 0.25) is 0 Å². The summed E-state index contributed by atoms with van der Waals surface area (Å²) in [7, 11) is 0. The van der Waals surface area contributed by atoms with Crippen molar-refractivity contribution in [1.82, 2.24) is 0 Å². The summed E-state index contributed by atoms with van der Waals surface area (Å²) in [6, 6.07) is 0. The number of hydrogen-bond donors (Lipinski definition) is 0. The number of hydrogen-bond acceptors (Lipinski definition) is 12. The molecular weight excluding hydrogens is 719 g/mol. The fourth-order valence-corrected chi connectivity index (χ4v) is 17.7. The maximum absolute atomic E-state index is 11.4. The van der Waals surface area contributed by atoms with Gasteiger partial charge in [-0.2, -0.15) is 0 Å². The van der Waals surface area contributed by atoms with Crippen molar-refractivity contribution in [3.8, 4) is 0 Å². The molecule has 0 saturated heterocycles. The third-order valence-corrected chi connectivity index (χ3v) is 16.1. The zero-order valence-electron chi connectivity index (χ0n) is 22.2. The van der Waals surface area contributed by atoms with Crippen molar-refractivity contribution in [1.29, 1.82) is 0 Å². The van der Waals surface area contributed by atoms with Crippen LogP contribution in [0, 0.1) is 0 Å². The monoisotopic (exact) mass is 760 g/mol. The summed E-state index contributed by atoms with van der Waals surface area (Å²) in [5, 5.41) is 0.784. The second-order valence-corrected chi connectivity index (χ2v) is 27.7. The van der Waals surface area contributed by atoms with Gasteiger partial charge in [0.05, 0.1) is 18.3 Å². The van der Waals surface area contributed by atoms with E-state index >= 15 is 0 Å². The van der Waals surface area contributed by atoms with E-state index in [-0.39, 0.29) is 58.5 Å². The van der Waals surface area contributed by atoms with Gasteiger partial charge in [-0.25, -0.2) is 0 Å². The van der Waals surface area contributed by atoms with Crippen molar-refractivity contribution in [2.75, 3.05) is 0 Å². The molecule has 16 heteroatoms. The summed E-state index contributed by atoms with van der Waals surface area (Å²) in [6.07, 6.45) is -0.154. The minimum atomic E-state index is -2.80. The Morgan fingerprint density at radius 1 is 0.471 bits per heavy atom. The standard InChI is InChI=1S/3C6H15O2PS2.Sb/c3*1-5(2)8-9(7,10)11-6(3)4;/h3*5-6H,1-4H3,(H,7,10);/q;;;+3/p-3. The summed E-state index contributed by atoms with van der Waals surface area (Å²) >= 11 is 18.1. The quantitative estimate of drug-likeness (QED) is 0.172. The smallest absolute Gasteiger partial charge is 0.793 e. The predicted molar refractivity (Wildman–Crippen MR) is 165 cm³/mol. The van der Waals surface area contributed by atoms with Crippen LogP contribution in [0.1, 0.15) is 83.1 Å². The average Bonchev–Trinajstić information content (AvgIpc) is 2.38. The summed E-state index contributed by atoms with van der Waals surface area (Å²) in [5.74, 6) is 0. The van der Waals surface area contributed by atoms with E-state index in [2.05, 4.69) is 0 Å². The van der Waals surface area contributed by atoms with Crippen LogP contribution in [0.15, 0.2) is 0 Å². The van der Waals surface area contributed by atoms with Crippen LogP contribution in [0.5, 0.6) is 0 Å². The van der Waals surface area contributed by atoms with Gasteiger partial charge in [0.1, 0.15) is 0 Å². The number of rotatable bonds is 12. The summed E-state index contributed by atoms with van der Waals surface area (Å²) < 4.78 is 15.2. The molecule has 3 atom stereocenters. The van der Waals surface area contributed by atoms with Crippen LogP contribution in [0.4, 0.5) is 0 Å². The Labute approximate surface area is 254 Å². The second-order valence-electron chi connectivity index (χ2n) is 8.27. The fourth-order valence-electron chi connectivity index (χ4n) is 1.62. The van der Waals surface area contributed by atoms with Gasteiger partial charge in [-0.15, -0.1) is 34.1 Å². The van der Waals surface area contributed by atoms with Gasteiger partial charge >= 0.3 is 24.4 Å². The molecule has 0 fully saturated rings. The molecule has 0 spiro atoms. The van der Waals surface area contributed by atoms with Gasteiger partial charge in [0.25, 0.3) is 0 Å². The molecule has 206 valence electrons. The molecule has 0 aromatic carbocycles. The summed E-state index contributed by atoms with van der Waals surface area (Å²) in [5.41, 5.74) is -8.41. The normalized spacial score (nSPS) is 16.9. The van der Waals surface area contributed by atoms with Crippen LogP contribution in [0.25, 0.3) is 0 Å². The van der Waals surface area contributed by atoms with Crippen molar-refractivity contribution < 1.29 is 28.3 Å². The molecule has 0 aromatic heterocycles. The van der Waals surface area contributed by atoms with Gasteiger partial charge < -0.3 is 28.3 Å². The topological polar surface area (TPSA) is 96.9 Å². The molecule has 0 N–H and O–H groups in total. The first-order valence-corrected chi connectivity index (χ1v) is 22.9. The maximum atomic E-state index is 11.4. The van der Waals surface area contributed by atoms with Gasteiger partial charge in [-0.3, -0.25) is 0 Å². The van der Waals surface area contributed by atoms with E-state index in [9.17, 15) is 14.7 Å². The van der Waals surface area contributed by atoms with E-state index in [1.807, 2.05) is 83.1 Å². The van der Waals surface area contributed by atoms with Gasteiger partial charge in [-0.05, 0) is 41.5 Å². The molecule has 0 aliphatic carbocycles. The van der Waals surface area contributed by atoms with Crippen LogP contribution in [-0.2, 0) is 49.0 Å². The van der Waals surface area contributed by atoms with Crippen LogP contribution < -0.4 is 14.7 Å². The minimum Gasteiger partial charge on any atom is -0.793 e. The van der Waals surface area contributed by atoms with Gasteiger partial charge in [-0.1, -0.05) is 77.0 Å². The SMILES string of the molecule is CC(C)OP([O-])(=S)SC(C)C.CC(C)OP([O-])(=S)SC(C)C.CC(C)OP([O-])(=S)SC(C)C.[Sb+3]. The molecule has 3 unspecified atom stereocenters. The molecule has 0 heterocycles. The molecule has 34 heavy (non-hydrogen) atoms. The Kier molecular flexibility index (Phi) is 29.2. The first-order chi connectivity index (χ1) is 14.5. The second kappa shape index (κ2) is 22.3. The third-order valence-electron chi connectivity index (χ3n) is 2.04. The fraction of sp³-hybridized carbons (Fsp3) is 1.00. The van der Waals surface area contributed by atoms with Crippen molar-refractivity contribution >= 4 is 111 Å². The Bertz CT molecular complexity index is 526. The first-order valence-electron chi connectivity index (χ1n) is 10.5. The van der Waals surface area contributed by atoms with E-state index in [0.717, 1.165) is 0 Å². The van der Waals surface area contributed by atoms with E-state index in [1.165, 1.54) is 34.1 Å². The van der Waals surface area contributed by atoms with Crippen LogP contribution in [-0.4, -0.2) is 58.5 Å². The van der Waals surface area contributed by atoms with Gasteiger partial charge in [0.2, 0.25) is 0 Å². The van der Waals surface area contributed by atoms with Crippen LogP contribution >= 0.6 is 51.2 Å². The Hall–Kier alpha value is 3.58. The van der Waals surface area contributed by atoms with Gasteiger partial charge in [0, 0.05) is 32.8 Å². The summed E-state index contributed by atoms with van der Waals surface area (Å²) in [6.45, 7) is 22.7. The maximum Gasteiger partial charge on any atom is 3.00 e. The van der Waals surface area contributed by atoms with Crippen molar-refractivity contribution in [2.45, 2.75) is 117 Å². The van der Waals surface area contributed by atoms with Crippen molar-refractivity contribution in [2.24, 2.45) is 0 Å². The molecule has 2 radical (unpaired) electrons. The average molecular weight is 762 g/mol. The van der Waals surface area contributed by atoms with Crippen molar-refractivity contribution in [3.05, 3.63) is 0 Å². The molecule has 0 rings (SSSR count). The Balaban J connectivity index is -0.000000196. The minimum absolute atomic E-state index is 0. The Morgan fingerprint density at radius 3 is 0.706 bits per heavy atom. The zero-order chi connectivity index (χ0) is 27.2. The molecule has 0 amide bonds. The molecule has 0 aromatic rings.